The number of likely N-dealkylation sites (tertiary alicyclic amines) is 1. The minimum atomic E-state index is -0.123. The average molecular weight is 368 g/mol. The van der Waals surface area contributed by atoms with Crippen molar-refractivity contribution in [2.45, 2.75) is 32.4 Å². The van der Waals surface area contributed by atoms with Crippen molar-refractivity contribution >= 4 is 11.8 Å². The monoisotopic (exact) mass is 368 g/mol. The number of piperidine rings is 1. The Kier molecular flexibility index (Phi) is 5.96. The molecule has 0 aliphatic carbocycles. The number of aromatic hydroxyl groups is 1. The number of carbonyl (C=O) groups is 2. The predicted molar refractivity (Wildman–Crippen MR) is 102 cm³/mol. The molecule has 6 heteroatoms. The lowest BCUT2D eigenvalue weighted by atomic mass is 10.0. The van der Waals surface area contributed by atoms with Crippen molar-refractivity contribution < 1.29 is 19.4 Å². The van der Waals surface area contributed by atoms with Crippen molar-refractivity contribution in [2.75, 3.05) is 13.1 Å². The Morgan fingerprint density at radius 2 is 1.89 bits per heavy atom. The summed E-state index contributed by atoms with van der Waals surface area (Å²) in [5, 5.41) is 12.3. The first-order valence-corrected chi connectivity index (χ1v) is 9.10. The van der Waals surface area contributed by atoms with E-state index in [-0.39, 0.29) is 23.7 Å². The molecule has 2 aromatic carbocycles. The van der Waals surface area contributed by atoms with Crippen LogP contribution >= 0.6 is 0 Å². The molecule has 1 heterocycles. The molecule has 0 aromatic heterocycles. The van der Waals surface area contributed by atoms with Crippen LogP contribution in [0.4, 0.5) is 0 Å². The van der Waals surface area contributed by atoms with Gasteiger partial charge >= 0.3 is 0 Å². The van der Waals surface area contributed by atoms with Crippen molar-refractivity contribution in [3.8, 4) is 11.5 Å². The lowest BCUT2D eigenvalue weighted by Crippen LogP contribution is -2.42. The maximum absolute atomic E-state index is 12.9. The number of carbonyl (C=O) groups excluding carboxylic acids is 2. The van der Waals surface area contributed by atoms with Crippen LogP contribution in [0.1, 0.15) is 35.7 Å². The molecule has 1 saturated heterocycles. The van der Waals surface area contributed by atoms with Crippen LogP contribution in [0.5, 0.6) is 11.5 Å². The Labute approximate surface area is 158 Å². The second-order valence-electron chi connectivity index (χ2n) is 6.67. The quantitative estimate of drug-likeness (QED) is 0.851. The lowest BCUT2D eigenvalue weighted by Gasteiger charge is -2.32. The number of hydrogen-bond donors (Lipinski definition) is 2. The van der Waals surface area contributed by atoms with Crippen LogP contribution in [-0.4, -0.2) is 41.0 Å². The van der Waals surface area contributed by atoms with Crippen LogP contribution in [-0.2, 0) is 11.3 Å². The number of nitrogens with one attached hydrogen (secondary N) is 1. The Hall–Kier alpha value is -3.02. The van der Waals surface area contributed by atoms with Crippen LogP contribution in [0, 0.1) is 0 Å². The number of hydrogen-bond acceptors (Lipinski definition) is 4. The topological polar surface area (TPSA) is 78.9 Å². The summed E-state index contributed by atoms with van der Waals surface area (Å²) in [7, 11) is 0. The van der Waals surface area contributed by atoms with Crippen LogP contribution in [0.2, 0.25) is 0 Å². The second-order valence-corrected chi connectivity index (χ2v) is 6.67. The van der Waals surface area contributed by atoms with Gasteiger partial charge in [-0.25, -0.2) is 0 Å². The maximum Gasteiger partial charge on any atom is 0.254 e. The van der Waals surface area contributed by atoms with E-state index in [1.54, 1.807) is 24.3 Å². The van der Waals surface area contributed by atoms with E-state index in [1.165, 1.54) is 6.92 Å². The second kappa shape index (κ2) is 8.58. The van der Waals surface area contributed by atoms with E-state index in [2.05, 4.69) is 5.32 Å². The van der Waals surface area contributed by atoms with Gasteiger partial charge in [-0.1, -0.05) is 24.3 Å². The van der Waals surface area contributed by atoms with Crippen molar-refractivity contribution in [3.05, 3.63) is 59.7 Å². The molecule has 0 atom stereocenters. The van der Waals surface area contributed by atoms with Crippen LogP contribution in [0.15, 0.2) is 48.5 Å². The molecule has 0 radical (unpaired) electrons. The van der Waals surface area contributed by atoms with E-state index < -0.39 is 0 Å². The first kappa shape index (κ1) is 18.8. The zero-order chi connectivity index (χ0) is 19.2. The van der Waals surface area contributed by atoms with Crippen molar-refractivity contribution in [1.82, 2.24) is 10.2 Å². The van der Waals surface area contributed by atoms with Gasteiger partial charge in [-0.2, -0.15) is 0 Å². The zero-order valence-electron chi connectivity index (χ0n) is 15.4. The number of phenolic OH excluding ortho intramolecular Hbond substituents is 1. The summed E-state index contributed by atoms with van der Waals surface area (Å²) in [5.74, 6) is 0.672. The highest BCUT2D eigenvalue weighted by Crippen LogP contribution is 2.23. The van der Waals surface area contributed by atoms with Crippen LogP contribution in [0.3, 0.4) is 0 Å². The molecule has 0 saturated carbocycles. The van der Waals surface area contributed by atoms with E-state index in [4.69, 9.17) is 4.74 Å². The van der Waals surface area contributed by atoms with Crippen molar-refractivity contribution in [1.29, 1.82) is 0 Å². The molecule has 0 bridgehead atoms. The first-order valence-electron chi connectivity index (χ1n) is 9.10. The smallest absolute Gasteiger partial charge is 0.254 e. The first-order chi connectivity index (χ1) is 13.0. The fourth-order valence-corrected chi connectivity index (χ4v) is 3.20. The molecule has 2 amide bonds. The molecule has 1 fully saturated rings. The summed E-state index contributed by atoms with van der Waals surface area (Å²) in [5.41, 5.74) is 1.44. The Bertz CT molecular complexity index is 813. The molecular weight excluding hydrogens is 344 g/mol. The third-order valence-electron chi connectivity index (χ3n) is 4.63. The third-order valence-corrected chi connectivity index (χ3v) is 4.63. The number of nitrogens with zero attached hydrogens (tertiary/aromatic N) is 1. The Morgan fingerprint density at radius 1 is 1.15 bits per heavy atom. The summed E-state index contributed by atoms with van der Waals surface area (Å²) < 4.78 is 5.91. The fraction of sp³-hybridized carbons (Fsp3) is 0.333. The van der Waals surface area contributed by atoms with E-state index in [1.807, 2.05) is 29.2 Å². The van der Waals surface area contributed by atoms with Gasteiger partial charge in [-0.05, 0) is 23.8 Å². The SMILES string of the molecule is CC(=O)NCc1ccccc1C(=O)N1CCC(Oc2cccc(O)c2)CC1. The van der Waals surface area contributed by atoms with Gasteiger partial charge in [0, 0.05) is 51.0 Å². The highest BCUT2D eigenvalue weighted by molar-refractivity contribution is 5.95. The highest BCUT2D eigenvalue weighted by Gasteiger charge is 2.26. The van der Waals surface area contributed by atoms with Gasteiger partial charge in [0.1, 0.15) is 17.6 Å². The molecule has 27 heavy (non-hydrogen) atoms. The predicted octanol–water partition coefficient (Wildman–Crippen LogP) is 2.71. The molecular formula is C21H24N2O4. The normalized spacial score (nSPS) is 14.6. The summed E-state index contributed by atoms with van der Waals surface area (Å²) in [6.07, 6.45) is 1.48. The summed E-state index contributed by atoms with van der Waals surface area (Å²) in [6, 6.07) is 14.1. The standard InChI is InChI=1S/C21H24N2O4/c1-15(24)22-14-16-5-2-3-8-20(16)21(26)23-11-9-18(10-12-23)27-19-7-4-6-17(25)13-19/h2-8,13,18,25H,9-12,14H2,1H3,(H,22,24). The van der Waals surface area contributed by atoms with Gasteiger partial charge in [-0.3, -0.25) is 9.59 Å². The average Bonchev–Trinajstić information content (AvgIpc) is 2.67. The van der Waals surface area contributed by atoms with Gasteiger partial charge in [0.2, 0.25) is 5.91 Å². The summed E-state index contributed by atoms with van der Waals surface area (Å²) in [6.45, 7) is 3.02. The van der Waals surface area contributed by atoms with E-state index in [0.29, 0.717) is 30.9 Å². The van der Waals surface area contributed by atoms with E-state index in [0.717, 1.165) is 18.4 Å². The van der Waals surface area contributed by atoms with Crippen LogP contribution < -0.4 is 10.1 Å². The molecule has 0 spiro atoms. The minimum Gasteiger partial charge on any atom is -0.508 e. The molecule has 142 valence electrons. The van der Waals surface area contributed by atoms with E-state index in [9.17, 15) is 14.7 Å². The summed E-state index contributed by atoms with van der Waals surface area (Å²) >= 11 is 0. The highest BCUT2D eigenvalue weighted by atomic mass is 16.5. The van der Waals surface area contributed by atoms with Gasteiger partial charge in [0.05, 0.1) is 0 Å². The number of amides is 2. The van der Waals surface area contributed by atoms with Gasteiger partial charge in [0.25, 0.3) is 5.91 Å². The third kappa shape index (κ3) is 5.00. The molecule has 3 rings (SSSR count). The van der Waals surface area contributed by atoms with Crippen molar-refractivity contribution in [2.24, 2.45) is 0 Å². The zero-order valence-corrected chi connectivity index (χ0v) is 15.4. The molecule has 6 nitrogen and oxygen atoms in total. The largest absolute Gasteiger partial charge is 0.508 e. The van der Waals surface area contributed by atoms with Gasteiger partial charge < -0.3 is 20.1 Å². The molecule has 1 aliphatic rings. The molecule has 2 aromatic rings. The maximum atomic E-state index is 12.9. The molecule has 1 aliphatic heterocycles. The summed E-state index contributed by atoms with van der Waals surface area (Å²) in [4.78, 5) is 25.9. The number of rotatable bonds is 5. The number of phenols is 1. The number of ether oxygens (including phenoxy) is 1. The minimum absolute atomic E-state index is 0.0190. The van der Waals surface area contributed by atoms with Gasteiger partial charge in [-0.15, -0.1) is 0 Å². The molecule has 0 unspecified atom stereocenters. The van der Waals surface area contributed by atoms with Gasteiger partial charge in [0.15, 0.2) is 0 Å². The Balaban J connectivity index is 1.59. The van der Waals surface area contributed by atoms with Crippen molar-refractivity contribution in [3.63, 3.8) is 0 Å². The molecule has 2 N–H and O–H groups in total. The Morgan fingerprint density at radius 3 is 2.59 bits per heavy atom. The van der Waals surface area contributed by atoms with Crippen LogP contribution in [0.25, 0.3) is 0 Å². The van der Waals surface area contributed by atoms with E-state index >= 15 is 0 Å². The number of benzene rings is 2. The lowest BCUT2D eigenvalue weighted by molar-refractivity contribution is -0.119. The fourth-order valence-electron chi connectivity index (χ4n) is 3.20.